The average molecular weight is 282 g/mol. The van der Waals surface area contributed by atoms with E-state index in [0.29, 0.717) is 38.3 Å². The number of carboxylic acids is 1. The monoisotopic (exact) mass is 282 g/mol. The van der Waals surface area contributed by atoms with Gasteiger partial charge in [0.15, 0.2) is 5.82 Å². The van der Waals surface area contributed by atoms with Crippen LogP contribution in [0.4, 0.5) is 0 Å². The molecule has 0 aliphatic carbocycles. The maximum absolute atomic E-state index is 11.7. The van der Waals surface area contributed by atoms with Crippen LogP contribution in [0.3, 0.4) is 0 Å². The molecule has 0 radical (unpaired) electrons. The molecule has 7 heteroatoms. The first-order chi connectivity index (χ1) is 9.48. The van der Waals surface area contributed by atoms with Crippen LogP contribution in [-0.4, -0.2) is 55.5 Å². The van der Waals surface area contributed by atoms with Gasteiger partial charge in [-0.3, -0.25) is 14.8 Å². The highest BCUT2D eigenvalue weighted by molar-refractivity contribution is 5.76. The standard InChI is InChI=1S/C13H22N4O3/c1-3-5-13(12(19)20)8-17(6-4-10(13)18)7-11-14-9(2)15-16-11/h10,18H,3-8H2,1-2H3,(H,19,20)(H,14,15,16)/t10-,13-/m1/s1. The minimum Gasteiger partial charge on any atom is -0.481 e. The summed E-state index contributed by atoms with van der Waals surface area (Å²) in [5.74, 6) is 0.493. The van der Waals surface area contributed by atoms with E-state index in [-0.39, 0.29) is 0 Å². The lowest BCUT2D eigenvalue weighted by molar-refractivity contribution is -0.164. The molecular weight excluding hydrogens is 260 g/mol. The van der Waals surface area contributed by atoms with E-state index in [2.05, 4.69) is 15.2 Å². The van der Waals surface area contributed by atoms with Crippen molar-refractivity contribution in [2.24, 2.45) is 5.41 Å². The lowest BCUT2D eigenvalue weighted by atomic mass is 9.74. The highest BCUT2D eigenvalue weighted by atomic mass is 16.4. The predicted molar refractivity (Wildman–Crippen MR) is 72.0 cm³/mol. The zero-order valence-corrected chi connectivity index (χ0v) is 12.0. The summed E-state index contributed by atoms with van der Waals surface area (Å²) in [5.41, 5.74) is -1.07. The van der Waals surface area contributed by atoms with Crippen LogP contribution < -0.4 is 0 Å². The summed E-state index contributed by atoms with van der Waals surface area (Å²) in [7, 11) is 0. The van der Waals surface area contributed by atoms with Crippen LogP contribution in [0.2, 0.25) is 0 Å². The number of aromatic amines is 1. The summed E-state index contributed by atoms with van der Waals surface area (Å²) >= 11 is 0. The first-order valence-corrected chi connectivity index (χ1v) is 6.99. The van der Waals surface area contributed by atoms with Crippen molar-refractivity contribution in [1.29, 1.82) is 0 Å². The predicted octanol–water partition coefficient (Wildman–Crippen LogP) is 0.551. The molecule has 2 atom stereocenters. The van der Waals surface area contributed by atoms with E-state index in [1.54, 1.807) is 0 Å². The average Bonchev–Trinajstić information content (AvgIpc) is 2.79. The van der Waals surface area contributed by atoms with Gasteiger partial charge in [0.1, 0.15) is 11.2 Å². The van der Waals surface area contributed by atoms with Gasteiger partial charge in [0.25, 0.3) is 0 Å². The van der Waals surface area contributed by atoms with Crippen LogP contribution in [0.25, 0.3) is 0 Å². The second kappa shape index (κ2) is 5.88. The normalized spacial score (nSPS) is 27.6. The number of nitrogens with one attached hydrogen (secondary N) is 1. The van der Waals surface area contributed by atoms with Gasteiger partial charge in [-0.15, -0.1) is 0 Å². The number of H-pyrrole nitrogens is 1. The lowest BCUT2D eigenvalue weighted by Crippen LogP contribution is -2.55. The Morgan fingerprint density at radius 1 is 1.60 bits per heavy atom. The topological polar surface area (TPSA) is 102 Å². The molecule has 1 aromatic rings. The number of aliphatic hydroxyl groups is 1. The maximum Gasteiger partial charge on any atom is 0.313 e. The van der Waals surface area contributed by atoms with Crippen LogP contribution >= 0.6 is 0 Å². The Labute approximate surface area is 118 Å². The van der Waals surface area contributed by atoms with Crippen molar-refractivity contribution in [2.75, 3.05) is 13.1 Å². The SMILES string of the molecule is CCC[C@@]1(C(=O)O)CN(Cc2n[nH]c(C)n2)CC[C@H]1O. The van der Waals surface area contributed by atoms with Crippen molar-refractivity contribution in [3.05, 3.63) is 11.6 Å². The Bertz CT molecular complexity index is 476. The molecule has 0 amide bonds. The van der Waals surface area contributed by atoms with Gasteiger partial charge in [0.2, 0.25) is 0 Å². The van der Waals surface area contributed by atoms with Crippen molar-refractivity contribution in [3.8, 4) is 0 Å². The van der Waals surface area contributed by atoms with Crippen LogP contribution in [-0.2, 0) is 11.3 Å². The summed E-state index contributed by atoms with van der Waals surface area (Å²) < 4.78 is 0. The van der Waals surface area contributed by atoms with E-state index >= 15 is 0 Å². The number of piperidine rings is 1. The molecule has 2 heterocycles. The molecular formula is C13H22N4O3. The molecule has 20 heavy (non-hydrogen) atoms. The van der Waals surface area contributed by atoms with Crippen LogP contribution in [0.5, 0.6) is 0 Å². The number of hydrogen-bond donors (Lipinski definition) is 3. The number of aliphatic hydroxyl groups excluding tert-OH is 1. The highest BCUT2D eigenvalue weighted by Crippen LogP contribution is 2.35. The molecule has 0 spiro atoms. The Hall–Kier alpha value is -1.47. The van der Waals surface area contributed by atoms with E-state index < -0.39 is 17.5 Å². The van der Waals surface area contributed by atoms with Gasteiger partial charge < -0.3 is 10.2 Å². The smallest absolute Gasteiger partial charge is 0.313 e. The molecule has 1 fully saturated rings. The van der Waals surface area contributed by atoms with Gasteiger partial charge >= 0.3 is 5.97 Å². The zero-order valence-electron chi connectivity index (χ0n) is 12.0. The van der Waals surface area contributed by atoms with Gasteiger partial charge in [-0.05, 0) is 19.8 Å². The fourth-order valence-electron chi connectivity index (χ4n) is 2.97. The molecule has 112 valence electrons. The van der Waals surface area contributed by atoms with E-state index in [1.807, 2.05) is 18.7 Å². The molecule has 3 N–H and O–H groups in total. The number of aliphatic carboxylic acids is 1. The van der Waals surface area contributed by atoms with Gasteiger partial charge in [-0.1, -0.05) is 13.3 Å². The summed E-state index contributed by atoms with van der Waals surface area (Å²) in [6.45, 7) is 5.28. The Kier molecular flexibility index (Phi) is 4.39. The van der Waals surface area contributed by atoms with Crippen LogP contribution in [0.1, 0.15) is 37.8 Å². The number of carbonyl (C=O) groups is 1. The molecule has 2 rings (SSSR count). The second-order valence-corrected chi connectivity index (χ2v) is 5.56. The summed E-state index contributed by atoms with van der Waals surface area (Å²) in [6.07, 6.45) is 0.893. The number of aromatic nitrogens is 3. The van der Waals surface area contributed by atoms with Crippen LogP contribution in [0, 0.1) is 12.3 Å². The summed E-state index contributed by atoms with van der Waals surface area (Å²) in [4.78, 5) is 17.9. The number of likely N-dealkylation sites (tertiary alicyclic amines) is 1. The van der Waals surface area contributed by atoms with E-state index in [4.69, 9.17) is 0 Å². The van der Waals surface area contributed by atoms with Crippen molar-refractivity contribution in [1.82, 2.24) is 20.1 Å². The first-order valence-electron chi connectivity index (χ1n) is 6.99. The first kappa shape index (κ1) is 14.9. The fourth-order valence-corrected chi connectivity index (χ4v) is 2.97. The molecule has 1 aliphatic heterocycles. The molecule has 1 aromatic heterocycles. The van der Waals surface area contributed by atoms with Gasteiger partial charge in [0.05, 0.1) is 12.6 Å². The van der Waals surface area contributed by atoms with Crippen molar-refractivity contribution in [2.45, 2.75) is 45.8 Å². The number of aryl methyl sites for hydroxylation is 1. The Morgan fingerprint density at radius 3 is 2.90 bits per heavy atom. The zero-order chi connectivity index (χ0) is 14.8. The second-order valence-electron chi connectivity index (χ2n) is 5.56. The largest absolute Gasteiger partial charge is 0.481 e. The van der Waals surface area contributed by atoms with E-state index in [9.17, 15) is 15.0 Å². The highest BCUT2D eigenvalue weighted by Gasteiger charge is 2.48. The fraction of sp³-hybridized carbons (Fsp3) is 0.769. The van der Waals surface area contributed by atoms with Gasteiger partial charge in [0, 0.05) is 13.1 Å². The third-order valence-electron chi connectivity index (χ3n) is 3.99. The van der Waals surface area contributed by atoms with Crippen LogP contribution in [0.15, 0.2) is 0 Å². The molecule has 0 aromatic carbocycles. The number of carboxylic acid groups (broad SMARTS) is 1. The van der Waals surface area contributed by atoms with Crippen molar-refractivity contribution >= 4 is 5.97 Å². The minimum absolute atomic E-state index is 0.338. The van der Waals surface area contributed by atoms with E-state index in [1.165, 1.54) is 0 Å². The lowest BCUT2D eigenvalue weighted by Gasteiger charge is -2.43. The molecule has 1 saturated heterocycles. The third-order valence-corrected chi connectivity index (χ3v) is 3.99. The Balaban J connectivity index is 2.12. The molecule has 0 unspecified atom stereocenters. The summed E-state index contributed by atoms with van der Waals surface area (Å²) in [5, 5.41) is 26.6. The quantitative estimate of drug-likeness (QED) is 0.729. The molecule has 0 saturated carbocycles. The van der Waals surface area contributed by atoms with Crippen molar-refractivity contribution < 1.29 is 15.0 Å². The number of rotatable bonds is 5. The summed E-state index contributed by atoms with van der Waals surface area (Å²) in [6, 6.07) is 0. The minimum atomic E-state index is -1.07. The molecule has 7 nitrogen and oxygen atoms in total. The van der Waals surface area contributed by atoms with E-state index in [0.717, 1.165) is 12.2 Å². The molecule has 1 aliphatic rings. The number of hydrogen-bond acceptors (Lipinski definition) is 5. The molecule has 0 bridgehead atoms. The maximum atomic E-state index is 11.7. The third kappa shape index (κ3) is 2.83. The number of nitrogens with zero attached hydrogens (tertiary/aromatic N) is 3. The van der Waals surface area contributed by atoms with Gasteiger partial charge in [-0.25, -0.2) is 4.98 Å². The van der Waals surface area contributed by atoms with Crippen molar-refractivity contribution in [3.63, 3.8) is 0 Å². The van der Waals surface area contributed by atoms with Gasteiger partial charge in [-0.2, -0.15) is 5.10 Å². The Morgan fingerprint density at radius 2 is 2.35 bits per heavy atom.